The SMILES string of the molecule is COC(c1ccccc1C)N(C)C. The van der Waals surface area contributed by atoms with Gasteiger partial charge in [-0.1, -0.05) is 24.3 Å². The van der Waals surface area contributed by atoms with Crippen LogP contribution in [-0.4, -0.2) is 26.1 Å². The molecule has 1 aromatic carbocycles. The summed E-state index contributed by atoms with van der Waals surface area (Å²) in [4.78, 5) is 2.06. The van der Waals surface area contributed by atoms with Gasteiger partial charge in [0.05, 0.1) is 0 Å². The highest BCUT2D eigenvalue weighted by molar-refractivity contribution is 5.27. The van der Waals surface area contributed by atoms with E-state index in [2.05, 4.69) is 24.0 Å². The Labute approximate surface area is 80.1 Å². The Kier molecular flexibility index (Phi) is 3.46. The van der Waals surface area contributed by atoms with Crippen molar-refractivity contribution in [1.82, 2.24) is 4.90 Å². The molecule has 0 radical (unpaired) electrons. The summed E-state index contributed by atoms with van der Waals surface area (Å²) in [5.74, 6) is 0. The van der Waals surface area contributed by atoms with Crippen LogP contribution < -0.4 is 0 Å². The number of nitrogens with zero attached hydrogens (tertiary/aromatic N) is 1. The van der Waals surface area contributed by atoms with Gasteiger partial charge in [0.25, 0.3) is 0 Å². The normalized spacial score (nSPS) is 13.3. The zero-order chi connectivity index (χ0) is 9.84. The van der Waals surface area contributed by atoms with Crippen LogP contribution in [0.1, 0.15) is 17.4 Å². The molecule has 0 aromatic heterocycles. The lowest BCUT2D eigenvalue weighted by Gasteiger charge is -2.24. The number of methoxy groups -OCH3 is 1. The Bertz CT molecular complexity index is 271. The molecular weight excluding hydrogens is 162 g/mol. The molecule has 72 valence electrons. The fourth-order valence-corrected chi connectivity index (χ4v) is 1.48. The highest BCUT2D eigenvalue weighted by atomic mass is 16.5. The molecule has 1 atom stereocenters. The van der Waals surface area contributed by atoms with Crippen LogP contribution in [0, 0.1) is 6.92 Å². The van der Waals surface area contributed by atoms with Crippen LogP contribution >= 0.6 is 0 Å². The van der Waals surface area contributed by atoms with Gasteiger partial charge in [-0.25, -0.2) is 0 Å². The molecule has 2 heteroatoms. The number of ether oxygens (including phenoxy) is 1. The maximum Gasteiger partial charge on any atom is 0.136 e. The molecule has 0 fully saturated rings. The summed E-state index contributed by atoms with van der Waals surface area (Å²) in [6, 6.07) is 8.29. The van der Waals surface area contributed by atoms with Gasteiger partial charge in [-0.3, -0.25) is 4.90 Å². The highest BCUT2D eigenvalue weighted by Gasteiger charge is 2.13. The molecule has 0 aliphatic rings. The van der Waals surface area contributed by atoms with Gasteiger partial charge >= 0.3 is 0 Å². The smallest absolute Gasteiger partial charge is 0.136 e. The summed E-state index contributed by atoms with van der Waals surface area (Å²) in [6.07, 6.45) is 0.0567. The fraction of sp³-hybridized carbons (Fsp3) is 0.455. The Morgan fingerprint density at radius 3 is 2.31 bits per heavy atom. The van der Waals surface area contributed by atoms with Crippen molar-refractivity contribution in [3.63, 3.8) is 0 Å². The lowest BCUT2D eigenvalue weighted by Crippen LogP contribution is -2.22. The Hall–Kier alpha value is -0.860. The summed E-state index contributed by atoms with van der Waals surface area (Å²) in [5, 5.41) is 0. The van der Waals surface area contributed by atoms with Gasteiger partial charge in [0.1, 0.15) is 6.23 Å². The minimum absolute atomic E-state index is 0.0567. The van der Waals surface area contributed by atoms with E-state index >= 15 is 0 Å². The summed E-state index contributed by atoms with van der Waals surface area (Å²) in [7, 11) is 5.76. The van der Waals surface area contributed by atoms with E-state index in [1.54, 1.807) is 7.11 Å². The molecule has 1 unspecified atom stereocenters. The number of benzene rings is 1. The van der Waals surface area contributed by atoms with Gasteiger partial charge in [-0.05, 0) is 32.1 Å². The van der Waals surface area contributed by atoms with Crippen LogP contribution in [0.5, 0.6) is 0 Å². The zero-order valence-electron chi connectivity index (χ0n) is 8.74. The number of hydrogen-bond donors (Lipinski definition) is 0. The quantitative estimate of drug-likeness (QED) is 0.659. The Balaban J connectivity index is 2.97. The molecule has 0 aliphatic carbocycles. The lowest BCUT2D eigenvalue weighted by molar-refractivity contribution is -0.00584. The number of rotatable bonds is 3. The van der Waals surface area contributed by atoms with E-state index in [9.17, 15) is 0 Å². The van der Waals surface area contributed by atoms with Gasteiger partial charge in [0.2, 0.25) is 0 Å². The number of aryl methyl sites for hydroxylation is 1. The van der Waals surface area contributed by atoms with Crippen LogP contribution in [0.4, 0.5) is 0 Å². The van der Waals surface area contributed by atoms with Gasteiger partial charge in [0.15, 0.2) is 0 Å². The van der Waals surface area contributed by atoms with Crippen LogP contribution in [0.2, 0.25) is 0 Å². The van der Waals surface area contributed by atoms with Crippen molar-refractivity contribution in [2.24, 2.45) is 0 Å². The molecule has 0 heterocycles. The maximum absolute atomic E-state index is 5.40. The molecule has 1 aromatic rings. The minimum Gasteiger partial charge on any atom is -0.362 e. The molecule has 0 amide bonds. The van der Waals surface area contributed by atoms with Crippen molar-refractivity contribution < 1.29 is 4.74 Å². The van der Waals surface area contributed by atoms with Crippen molar-refractivity contribution in [2.45, 2.75) is 13.2 Å². The third-order valence-corrected chi connectivity index (χ3v) is 2.15. The van der Waals surface area contributed by atoms with E-state index in [0.29, 0.717) is 0 Å². The summed E-state index contributed by atoms with van der Waals surface area (Å²) < 4.78 is 5.40. The highest BCUT2D eigenvalue weighted by Crippen LogP contribution is 2.21. The van der Waals surface area contributed by atoms with Crippen LogP contribution in [-0.2, 0) is 4.74 Å². The number of hydrogen-bond acceptors (Lipinski definition) is 2. The first-order chi connectivity index (χ1) is 6.16. The first-order valence-corrected chi connectivity index (χ1v) is 4.41. The molecule has 2 nitrogen and oxygen atoms in total. The molecule has 0 aliphatic heterocycles. The molecule has 1 rings (SSSR count). The summed E-state index contributed by atoms with van der Waals surface area (Å²) >= 11 is 0. The fourth-order valence-electron chi connectivity index (χ4n) is 1.48. The third kappa shape index (κ3) is 2.29. The second-order valence-electron chi connectivity index (χ2n) is 3.41. The van der Waals surface area contributed by atoms with Gasteiger partial charge in [-0.2, -0.15) is 0 Å². The standard InChI is InChI=1S/C11H17NO/c1-9-7-5-6-8-10(9)11(13-4)12(2)3/h5-8,11H,1-4H3. The average molecular weight is 179 g/mol. The van der Waals surface area contributed by atoms with E-state index in [1.807, 2.05) is 26.2 Å². The summed E-state index contributed by atoms with van der Waals surface area (Å²) in [5.41, 5.74) is 2.50. The maximum atomic E-state index is 5.40. The van der Waals surface area contributed by atoms with E-state index in [4.69, 9.17) is 4.74 Å². The van der Waals surface area contributed by atoms with E-state index in [-0.39, 0.29) is 6.23 Å². The molecule has 0 saturated heterocycles. The van der Waals surface area contributed by atoms with Crippen LogP contribution in [0.3, 0.4) is 0 Å². The largest absolute Gasteiger partial charge is 0.362 e. The monoisotopic (exact) mass is 179 g/mol. The van der Waals surface area contributed by atoms with E-state index in [0.717, 1.165) is 0 Å². The molecule has 0 saturated carbocycles. The van der Waals surface area contributed by atoms with Crippen LogP contribution in [0.25, 0.3) is 0 Å². The molecule has 0 spiro atoms. The molecule has 0 bridgehead atoms. The van der Waals surface area contributed by atoms with Gasteiger partial charge in [-0.15, -0.1) is 0 Å². The Morgan fingerprint density at radius 1 is 1.23 bits per heavy atom. The lowest BCUT2D eigenvalue weighted by atomic mass is 10.1. The van der Waals surface area contributed by atoms with Crippen molar-refractivity contribution in [3.8, 4) is 0 Å². The molecular formula is C11H17NO. The van der Waals surface area contributed by atoms with E-state index < -0.39 is 0 Å². The van der Waals surface area contributed by atoms with Crippen molar-refractivity contribution in [2.75, 3.05) is 21.2 Å². The zero-order valence-corrected chi connectivity index (χ0v) is 8.74. The average Bonchev–Trinajstić information content (AvgIpc) is 2.09. The third-order valence-electron chi connectivity index (χ3n) is 2.15. The predicted octanol–water partition coefficient (Wildman–Crippen LogP) is 2.20. The van der Waals surface area contributed by atoms with Crippen molar-refractivity contribution in [3.05, 3.63) is 35.4 Å². The second kappa shape index (κ2) is 4.40. The minimum atomic E-state index is 0.0567. The van der Waals surface area contributed by atoms with Crippen molar-refractivity contribution >= 4 is 0 Å². The first kappa shape index (κ1) is 10.2. The van der Waals surface area contributed by atoms with Gasteiger partial charge < -0.3 is 4.74 Å². The predicted molar refractivity (Wildman–Crippen MR) is 54.6 cm³/mol. The van der Waals surface area contributed by atoms with E-state index in [1.165, 1.54) is 11.1 Å². The Morgan fingerprint density at radius 2 is 1.85 bits per heavy atom. The first-order valence-electron chi connectivity index (χ1n) is 4.41. The summed E-state index contributed by atoms with van der Waals surface area (Å²) in [6.45, 7) is 2.10. The second-order valence-corrected chi connectivity index (χ2v) is 3.41. The molecule has 13 heavy (non-hydrogen) atoms. The molecule has 0 N–H and O–H groups in total. The van der Waals surface area contributed by atoms with Crippen molar-refractivity contribution in [1.29, 1.82) is 0 Å². The van der Waals surface area contributed by atoms with Crippen LogP contribution in [0.15, 0.2) is 24.3 Å². The topological polar surface area (TPSA) is 12.5 Å². The van der Waals surface area contributed by atoms with Gasteiger partial charge in [0, 0.05) is 7.11 Å².